The van der Waals surface area contributed by atoms with Crippen molar-refractivity contribution in [1.82, 2.24) is 10.3 Å². The minimum absolute atomic E-state index is 0.0155. The number of hydrogen-bond acceptors (Lipinski definition) is 5. The van der Waals surface area contributed by atoms with Crippen LogP contribution >= 0.6 is 11.3 Å². The fourth-order valence-electron chi connectivity index (χ4n) is 5.47. The fraction of sp³-hybridized carbons (Fsp3) is 0.500. The summed E-state index contributed by atoms with van der Waals surface area (Å²) >= 11 is 1.55. The summed E-state index contributed by atoms with van der Waals surface area (Å²) in [6.07, 6.45) is 4.51. The molecule has 4 atom stereocenters. The molecule has 2 bridgehead atoms. The van der Waals surface area contributed by atoms with Crippen LogP contribution in [0.1, 0.15) is 53.5 Å². The van der Waals surface area contributed by atoms with E-state index in [1.807, 2.05) is 31.2 Å². The molecule has 1 aromatic carbocycles. The summed E-state index contributed by atoms with van der Waals surface area (Å²) in [5.41, 5.74) is 2.22. The van der Waals surface area contributed by atoms with Crippen molar-refractivity contribution < 1.29 is 9.59 Å². The number of thiazole rings is 1. The SMILES string of the molecule is CCc1nc(NC(=O)[C@@H]2C[C@H]3CC[C@H]2C[C@@]32NC(=O)c3ccccc3N2)sc1C. The third kappa shape index (κ3) is 3.03. The molecule has 0 radical (unpaired) electrons. The number of fused-ring (bicyclic) bond motifs is 3. The number of carbonyl (C=O) groups is 2. The van der Waals surface area contributed by atoms with Crippen LogP contribution in [0.2, 0.25) is 0 Å². The highest BCUT2D eigenvalue weighted by Crippen LogP contribution is 2.52. The Bertz CT molecular complexity index is 987. The molecular formula is C22H26N4O2S. The summed E-state index contributed by atoms with van der Waals surface area (Å²) in [5, 5.41) is 10.7. The van der Waals surface area contributed by atoms with Crippen LogP contribution in [0.5, 0.6) is 0 Å². The van der Waals surface area contributed by atoms with Crippen molar-refractivity contribution >= 4 is 34.0 Å². The van der Waals surface area contributed by atoms with Crippen molar-refractivity contribution in [3.63, 3.8) is 0 Å². The highest BCUT2D eigenvalue weighted by molar-refractivity contribution is 7.15. The van der Waals surface area contributed by atoms with Crippen LogP contribution in [-0.4, -0.2) is 22.5 Å². The highest BCUT2D eigenvalue weighted by atomic mass is 32.1. The maximum atomic E-state index is 13.0. The van der Waals surface area contributed by atoms with E-state index < -0.39 is 5.66 Å². The van der Waals surface area contributed by atoms with Gasteiger partial charge in [0.05, 0.1) is 11.3 Å². The first-order valence-corrected chi connectivity index (χ1v) is 11.3. The molecule has 3 fully saturated rings. The summed E-state index contributed by atoms with van der Waals surface area (Å²) in [6.45, 7) is 4.13. The highest BCUT2D eigenvalue weighted by Gasteiger charge is 2.55. The van der Waals surface area contributed by atoms with Gasteiger partial charge in [-0.1, -0.05) is 19.1 Å². The maximum Gasteiger partial charge on any atom is 0.255 e. The van der Waals surface area contributed by atoms with Gasteiger partial charge in [0, 0.05) is 22.4 Å². The second kappa shape index (κ2) is 6.83. The number of anilines is 2. The third-order valence-corrected chi connectivity index (χ3v) is 7.86. The number of nitrogens with one attached hydrogen (secondary N) is 3. The van der Waals surface area contributed by atoms with E-state index in [1.54, 1.807) is 11.3 Å². The summed E-state index contributed by atoms with van der Waals surface area (Å²) in [4.78, 5) is 31.5. The van der Waals surface area contributed by atoms with Crippen molar-refractivity contribution in [2.75, 3.05) is 10.6 Å². The predicted octanol–water partition coefficient (Wildman–Crippen LogP) is 3.94. The largest absolute Gasteiger partial charge is 0.362 e. The van der Waals surface area contributed by atoms with Gasteiger partial charge in [0.15, 0.2) is 5.13 Å². The predicted molar refractivity (Wildman–Crippen MR) is 114 cm³/mol. The van der Waals surface area contributed by atoms with Gasteiger partial charge in [0.25, 0.3) is 5.91 Å². The Kier molecular flexibility index (Phi) is 4.38. The first kappa shape index (κ1) is 18.6. The van der Waals surface area contributed by atoms with Crippen LogP contribution in [0.25, 0.3) is 0 Å². The fourth-order valence-corrected chi connectivity index (χ4v) is 6.38. The van der Waals surface area contributed by atoms with Crippen LogP contribution in [0, 0.1) is 24.7 Å². The molecule has 2 heterocycles. The van der Waals surface area contributed by atoms with Crippen LogP contribution < -0.4 is 16.0 Å². The minimum atomic E-state index is -0.432. The molecule has 29 heavy (non-hydrogen) atoms. The Balaban J connectivity index is 1.34. The Labute approximate surface area is 174 Å². The van der Waals surface area contributed by atoms with Crippen LogP contribution in [0.15, 0.2) is 24.3 Å². The van der Waals surface area contributed by atoms with E-state index in [2.05, 4.69) is 27.9 Å². The number of para-hydroxylation sites is 1. The van der Waals surface area contributed by atoms with E-state index in [-0.39, 0.29) is 29.6 Å². The Morgan fingerprint density at radius 1 is 1.31 bits per heavy atom. The Hall–Kier alpha value is -2.41. The quantitative estimate of drug-likeness (QED) is 0.716. The van der Waals surface area contributed by atoms with Gasteiger partial charge in [-0.25, -0.2) is 4.98 Å². The number of aryl methyl sites for hydroxylation is 2. The van der Waals surface area contributed by atoms with Gasteiger partial charge in [0.2, 0.25) is 5.91 Å². The molecule has 2 aromatic rings. The molecular weight excluding hydrogens is 384 g/mol. The molecule has 1 aromatic heterocycles. The Morgan fingerprint density at radius 3 is 2.86 bits per heavy atom. The Morgan fingerprint density at radius 2 is 2.14 bits per heavy atom. The molecule has 1 spiro atoms. The number of nitrogens with zero attached hydrogens (tertiary/aromatic N) is 1. The van der Waals surface area contributed by atoms with E-state index in [1.165, 1.54) is 4.88 Å². The van der Waals surface area contributed by atoms with Crippen LogP contribution in [0.4, 0.5) is 10.8 Å². The van der Waals surface area contributed by atoms with Gasteiger partial charge < -0.3 is 16.0 Å². The molecule has 6 nitrogen and oxygen atoms in total. The molecule has 2 amide bonds. The lowest BCUT2D eigenvalue weighted by Gasteiger charge is -2.56. The number of aromatic nitrogens is 1. The van der Waals surface area contributed by atoms with Gasteiger partial charge in [-0.05, 0) is 57.1 Å². The number of carbonyl (C=O) groups excluding carboxylic acids is 2. The number of rotatable bonds is 3. The van der Waals surface area contributed by atoms with Gasteiger partial charge in [-0.2, -0.15) is 0 Å². The van der Waals surface area contributed by atoms with E-state index >= 15 is 0 Å². The van der Waals surface area contributed by atoms with Crippen molar-refractivity contribution in [3.05, 3.63) is 40.4 Å². The average Bonchev–Trinajstić information content (AvgIpc) is 3.07. The van der Waals surface area contributed by atoms with E-state index in [4.69, 9.17) is 0 Å². The zero-order valence-electron chi connectivity index (χ0n) is 16.7. The molecule has 1 aliphatic heterocycles. The molecule has 3 aliphatic carbocycles. The maximum absolute atomic E-state index is 13.0. The summed E-state index contributed by atoms with van der Waals surface area (Å²) < 4.78 is 0. The van der Waals surface area contributed by atoms with Gasteiger partial charge in [-0.3, -0.25) is 9.59 Å². The molecule has 0 unspecified atom stereocenters. The zero-order valence-corrected chi connectivity index (χ0v) is 17.6. The number of benzene rings is 1. The van der Waals surface area contributed by atoms with Crippen molar-refractivity contribution in [1.29, 1.82) is 0 Å². The first-order valence-electron chi connectivity index (χ1n) is 10.5. The van der Waals surface area contributed by atoms with Crippen molar-refractivity contribution in [3.8, 4) is 0 Å². The summed E-state index contributed by atoms with van der Waals surface area (Å²) in [6, 6.07) is 7.66. The third-order valence-electron chi connectivity index (χ3n) is 6.93. The second-order valence-corrected chi connectivity index (χ2v) is 9.74. The molecule has 7 heteroatoms. The van der Waals surface area contributed by atoms with Gasteiger partial charge in [-0.15, -0.1) is 11.3 Å². The molecule has 3 N–H and O–H groups in total. The topological polar surface area (TPSA) is 83.1 Å². The molecule has 4 aliphatic rings. The molecule has 6 rings (SSSR count). The second-order valence-electron chi connectivity index (χ2n) is 8.54. The normalized spacial score (nSPS) is 29.9. The molecule has 3 saturated carbocycles. The average molecular weight is 411 g/mol. The summed E-state index contributed by atoms with van der Waals surface area (Å²) in [7, 11) is 0. The first-order chi connectivity index (χ1) is 14.0. The number of amides is 2. The lowest BCUT2D eigenvalue weighted by molar-refractivity contribution is -0.126. The van der Waals surface area contributed by atoms with Crippen LogP contribution in [0.3, 0.4) is 0 Å². The monoisotopic (exact) mass is 410 g/mol. The molecule has 0 saturated heterocycles. The van der Waals surface area contributed by atoms with E-state index in [9.17, 15) is 9.59 Å². The number of hydrogen-bond donors (Lipinski definition) is 3. The molecule has 152 valence electrons. The van der Waals surface area contributed by atoms with E-state index in [0.29, 0.717) is 10.7 Å². The van der Waals surface area contributed by atoms with E-state index in [0.717, 1.165) is 43.5 Å². The van der Waals surface area contributed by atoms with Crippen molar-refractivity contribution in [2.24, 2.45) is 17.8 Å². The standard InChI is InChI=1S/C22H26N4O2S/c1-3-17-12(2)29-21(23-17)24-19(27)16-10-14-9-8-13(16)11-22(14)25-18-7-5-4-6-15(18)20(28)26-22/h4-7,13-14,16,25H,3,8-11H2,1-2H3,(H,26,28)(H,23,24,27)/t13-,14+,16+,22+/m0/s1. The zero-order chi connectivity index (χ0) is 20.2. The van der Waals surface area contributed by atoms with Crippen LogP contribution in [-0.2, 0) is 11.2 Å². The summed E-state index contributed by atoms with van der Waals surface area (Å²) in [5.74, 6) is 0.533. The lowest BCUT2D eigenvalue weighted by atomic mass is 9.58. The van der Waals surface area contributed by atoms with Gasteiger partial charge in [0.1, 0.15) is 5.66 Å². The van der Waals surface area contributed by atoms with Crippen molar-refractivity contribution in [2.45, 2.75) is 51.6 Å². The smallest absolute Gasteiger partial charge is 0.255 e. The lowest BCUT2D eigenvalue weighted by Crippen LogP contribution is -2.67. The van der Waals surface area contributed by atoms with Gasteiger partial charge >= 0.3 is 0 Å². The minimum Gasteiger partial charge on any atom is -0.362 e.